The van der Waals surface area contributed by atoms with E-state index in [1.54, 1.807) is 0 Å². The smallest absolute Gasteiger partial charge is 0.0613 e. The fourth-order valence-corrected chi connectivity index (χ4v) is 5.25. The highest BCUT2D eigenvalue weighted by Gasteiger charge is 2.63. The number of aliphatic hydroxyl groups excluding tert-OH is 1. The summed E-state index contributed by atoms with van der Waals surface area (Å²) >= 11 is 0. The zero-order chi connectivity index (χ0) is 12.0. The first-order valence-corrected chi connectivity index (χ1v) is 7.23. The van der Waals surface area contributed by atoms with Gasteiger partial charge in [-0.05, 0) is 30.6 Å². The summed E-state index contributed by atoms with van der Waals surface area (Å²) in [6.07, 6.45) is 2.76. The van der Waals surface area contributed by atoms with Crippen LogP contribution >= 0.6 is 0 Å². The first-order chi connectivity index (χ1) is 7.44. The van der Waals surface area contributed by atoms with Crippen molar-refractivity contribution in [3.63, 3.8) is 0 Å². The number of fused-ring (bicyclic) bond motifs is 2. The number of hydrogen-bond acceptors (Lipinski definition) is 2. The normalized spacial score (nSPS) is 41.7. The van der Waals surface area contributed by atoms with Crippen LogP contribution in [0.4, 0.5) is 0 Å². The van der Waals surface area contributed by atoms with Gasteiger partial charge < -0.3 is 5.11 Å². The van der Waals surface area contributed by atoms with Gasteiger partial charge in [0.1, 0.15) is 0 Å². The van der Waals surface area contributed by atoms with E-state index >= 15 is 0 Å². The van der Waals surface area contributed by atoms with Crippen LogP contribution in [0.2, 0.25) is 0 Å². The molecule has 1 unspecified atom stereocenters. The van der Waals surface area contributed by atoms with Gasteiger partial charge >= 0.3 is 0 Å². The topological polar surface area (TPSA) is 37.3 Å². The summed E-state index contributed by atoms with van der Waals surface area (Å²) < 4.78 is 11.9. The van der Waals surface area contributed by atoms with Crippen LogP contribution in [0.3, 0.4) is 0 Å². The molecule has 2 saturated carbocycles. The zero-order valence-corrected chi connectivity index (χ0v) is 10.8. The Bertz CT molecular complexity index is 368. The first kappa shape index (κ1) is 12.1. The molecule has 2 fully saturated rings. The number of aliphatic hydroxyl groups is 1. The Morgan fingerprint density at radius 2 is 2.31 bits per heavy atom. The second-order valence-electron chi connectivity index (χ2n) is 5.71. The molecule has 0 saturated heterocycles. The average molecular weight is 240 g/mol. The SMILES string of the molecule is C=C=CS(=O)C[C@]12CC[C@H](C[C@H]1O)C2(C)C. The standard InChI is InChI=1S/C13H20O2S/c1-4-7-16(15)9-13-6-5-10(8-11(13)14)12(13,2)3/h7,10-11,14H,1,5-6,8-9H2,2-3H3/t10-,11-,13-,16?/m1/s1. The third-order valence-corrected chi connectivity index (χ3v) is 6.23. The van der Waals surface area contributed by atoms with E-state index in [1.165, 1.54) is 11.8 Å². The van der Waals surface area contributed by atoms with Crippen LogP contribution in [-0.4, -0.2) is 21.2 Å². The molecule has 0 amide bonds. The van der Waals surface area contributed by atoms with Gasteiger partial charge in [-0.25, -0.2) is 0 Å². The Hall–Kier alpha value is -0.370. The molecule has 0 aromatic heterocycles. The lowest BCUT2D eigenvalue weighted by Crippen LogP contribution is -2.42. The van der Waals surface area contributed by atoms with E-state index in [0.717, 1.165) is 12.8 Å². The molecule has 0 aromatic carbocycles. The van der Waals surface area contributed by atoms with Crippen LogP contribution in [0.1, 0.15) is 33.1 Å². The van der Waals surface area contributed by atoms with Gasteiger partial charge in [0.15, 0.2) is 0 Å². The Labute approximate surface area is 99.9 Å². The monoisotopic (exact) mass is 240 g/mol. The molecule has 3 heteroatoms. The van der Waals surface area contributed by atoms with Crippen molar-refractivity contribution >= 4 is 10.8 Å². The molecule has 2 nitrogen and oxygen atoms in total. The maximum Gasteiger partial charge on any atom is 0.0613 e. The summed E-state index contributed by atoms with van der Waals surface area (Å²) in [6, 6.07) is 0. The Balaban J connectivity index is 2.28. The second-order valence-corrected chi connectivity index (χ2v) is 7.00. The van der Waals surface area contributed by atoms with E-state index in [-0.39, 0.29) is 16.9 Å². The lowest BCUT2D eigenvalue weighted by molar-refractivity contribution is 0.0162. The Morgan fingerprint density at radius 1 is 1.62 bits per heavy atom. The van der Waals surface area contributed by atoms with Crippen molar-refractivity contribution in [1.82, 2.24) is 0 Å². The minimum atomic E-state index is -1.05. The van der Waals surface area contributed by atoms with Crippen molar-refractivity contribution < 1.29 is 9.32 Å². The third kappa shape index (κ3) is 1.46. The van der Waals surface area contributed by atoms with Crippen LogP contribution in [0.15, 0.2) is 17.7 Å². The summed E-state index contributed by atoms with van der Waals surface area (Å²) in [5.74, 6) is 1.15. The third-order valence-electron chi connectivity index (χ3n) is 5.00. The van der Waals surface area contributed by atoms with Gasteiger partial charge in [0.25, 0.3) is 0 Å². The molecule has 4 atom stereocenters. The maximum absolute atomic E-state index is 11.9. The van der Waals surface area contributed by atoms with Crippen molar-refractivity contribution in [3.8, 4) is 0 Å². The van der Waals surface area contributed by atoms with Gasteiger partial charge in [-0.3, -0.25) is 4.21 Å². The fourth-order valence-electron chi connectivity index (χ4n) is 3.77. The van der Waals surface area contributed by atoms with E-state index in [0.29, 0.717) is 11.7 Å². The average Bonchev–Trinajstić information content (AvgIpc) is 2.51. The van der Waals surface area contributed by atoms with Gasteiger partial charge in [0.05, 0.1) is 16.9 Å². The predicted molar refractivity (Wildman–Crippen MR) is 66.3 cm³/mol. The largest absolute Gasteiger partial charge is 0.392 e. The molecule has 2 aliphatic carbocycles. The van der Waals surface area contributed by atoms with Crippen molar-refractivity contribution in [2.45, 2.75) is 39.2 Å². The molecule has 0 spiro atoms. The van der Waals surface area contributed by atoms with Gasteiger partial charge in [0.2, 0.25) is 0 Å². The highest BCUT2D eigenvalue weighted by molar-refractivity contribution is 7.88. The van der Waals surface area contributed by atoms with Crippen molar-refractivity contribution in [2.75, 3.05) is 5.75 Å². The van der Waals surface area contributed by atoms with Crippen LogP contribution < -0.4 is 0 Å². The van der Waals surface area contributed by atoms with Crippen LogP contribution in [0.5, 0.6) is 0 Å². The summed E-state index contributed by atoms with van der Waals surface area (Å²) in [5, 5.41) is 11.8. The van der Waals surface area contributed by atoms with E-state index < -0.39 is 10.8 Å². The lowest BCUT2D eigenvalue weighted by Gasteiger charge is -2.39. The summed E-state index contributed by atoms with van der Waals surface area (Å²) in [4.78, 5) is 0. The van der Waals surface area contributed by atoms with Crippen molar-refractivity contribution in [2.24, 2.45) is 16.7 Å². The van der Waals surface area contributed by atoms with Gasteiger partial charge in [-0.15, -0.1) is 5.73 Å². The van der Waals surface area contributed by atoms with Gasteiger partial charge in [0, 0.05) is 16.6 Å². The molecule has 1 N–H and O–H groups in total. The van der Waals surface area contributed by atoms with E-state index in [9.17, 15) is 9.32 Å². The van der Waals surface area contributed by atoms with Gasteiger partial charge in [-0.2, -0.15) is 0 Å². The molecule has 16 heavy (non-hydrogen) atoms. The second kappa shape index (κ2) is 3.83. The molecule has 2 bridgehead atoms. The highest BCUT2D eigenvalue weighted by atomic mass is 32.2. The molecule has 0 aliphatic heterocycles. The maximum atomic E-state index is 11.9. The zero-order valence-electron chi connectivity index (χ0n) is 10.0. The molecular weight excluding hydrogens is 220 g/mol. The predicted octanol–water partition coefficient (Wildman–Crippen LogP) is 2.22. The summed E-state index contributed by atoms with van der Waals surface area (Å²) in [6.45, 7) is 7.89. The first-order valence-electron chi connectivity index (χ1n) is 5.85. The highest BCUT2D eigenvalue weighted by Crippen LogP contribution is 2.65. The van der Waals surface area contributed by atoms with Crippen LogP contribution in [0.25, 0.3) is 0 Å². The summed E-state index contributed by atoms with van der Waals surface area (Å²) in [7, 11) is -1.05. The lowest BCUT2D eigenvalue weighted by atomic mass is 9.70. The quantitative estimate of drug-likeness (QED) is 0.768. The molecule has 0 radical (unpaired) electrons. The molecule has 0 aromatic rings. The van der Waals surface area contributed by atoms with Gasteiger partial charge in [-0.1, -0.05) is 20.4 Å². The van der Waals surface area contributed by atoms with E-state index in [4.69, 9.17) is 0 Å². The summed E-state index contributed by atoms with van der Waals surface area (Å²) in [5.41, 5.74) is 2.53. The molecule has 90 valence electrons. The van der Waals surface area contributed by atoms with Crippen LogP contribution in [0, 0.1) is 16.7 Å². The van der Waals surface area contributed by atoms with E-state index in [1.807, 2.05) is 0 Å². The number of rotatable bonds is 3. The number of hydrogen-bond donors (Lipinski definition) is 1. The Morgan fingerprint density at radius 3 is 2.75 bits per heavy atom. The fraction of sp³-hybridized carbons (Fsp3) is 0.769. The van der Waals surface area contributed by atoms with Crippen molar-refractivity contribution in [1.29, 1.82) is 0 Å². The molecule has 2 rings (SSSR count). The Kier molecular flexibility index (Phi) is 2.90. The minimum absolute atomic E-state index is 0.108. The molecular formula is C13H20O2S. The molecule has 0 heterocycles. The molecule has 2 aliphatic rings. The minimum Gasteiger partial charge on any atom is -0.392 e. The van der Waals surface area contributed by atoms with Crippen LogP contribution in [-0.2, 0) is 10.8 Å². The van der Waals surface area contributed by atoms with Crippen molar-refractivity contribution in [3.05, 3.63) is 17.7 Å². The van der Waals surface area contributed by atoms with E-state index in [2.05, 4.69) is 26.2 Å².